The van der Waals surface area contributed by atoms with Crippen LogP contribution >= 0.6 is 11.3 Å². The quantitative estimate of drug-likeness (QED) is 0.695. The van der Waals surface area contributed by atoms with E-state index in [-0.39, 0.29) is 5.91 Å². The number of carbonyl (C=O) groups is 3. The standard InChI is InChI=1S/C18H19N3O3S/c1-18(16(23)20-17(24)21-18)12-5-2-6-13(11-12)19-15(22)9-3-7-14-8-4-10-25-14/h2,4-6,8,10-11H,3,7,9H2,1H3,(H,19,22)(H2,20,21,23,24)/t18-/m0/s1. The van der Waals surface area contributed by atoms with Crippen LogP contribution in [0.25, 0.3) is 0 Å². The van der Waals surface area contributed by atoms with Crippen LogP contribution in [-0.2, 0) is 21.5 Å². The van der Waals surface area contributed by atoms with Gasteiger partial charge >= 0.3 is 6.03 Å². The molecule has 1 aliphatic rings. The summed E-state index contributed by atoms with van der Waals surface area (Å²) in [5, 5.41) is 9.72. The molecular weight excluding hydrogens is 338 g/mol. The number of amides is 4. The molecule has 130 valence electrons. The molecule has 3 rings (SSSR count). The predicted octanol–water partition coefficient (Wildman–Crippen LogP) is 2.76. The zero-order chi connectivity index (χ0) is 17.9. The van der Waals surface area contributed by atoms with E-state index in [4.69, 9.17) is 0 Å². The second-order valence-corrected chi connectivity index (χ2v) is 7.13. The number of hydrogen-bond donors (Lipinski definition) is 3. The van der Waals surface area contributed by atoms with Crippen molar-refractivity contribution in [1.29, 1.82) is 0 Å². The maximum absolute atomic E-state index is 12.1. The van der Waals surface area contributed by atoms with Gasteiger partial charge in [0.2, 0.25) is 5.91 Å². The van der Waals surface area contributed by atoms with E-state index >= 15 is 0 Å². The second-order valence-electron chi connectivity index (χ2n) is 6.10. The highest BCUT2D eigenvalue weighted by atomic mass is 32.1. The highest BCUT2D eigenvalue weighted by Crippen LogP contribution is 2.26. The van der Waals surface area contributed by atoms with Gasteiger partial charge in [0, 0.05) is 17.0 Å². The van der Waals surface area contributed by atoms with Gasteiger partial charge in [-0.15, -0.1) is 11.3 Å². The fourth-order valence-corrected chi connectivity index (χ4v) is 3.51. The second kappa shape index (κ2) is 7.06. The number of benzene rings is 1. The van der Waals surface area contributed by atoms with Crippen LogP contribution in [0.1, 0.15) is 30.2 Å². The monoisotopic (exact) mass is 357 g/mol. The number of aryl methyl sites for hydroxylation is 1. The van der Waals surface area contributed by atoms with Crippen LogP contribution in [0.4, 0.5) is 10.5 Å². The van der Waals surface area contributed by atoms with E-state index in [0.29, 0.717) is 17.7 Å². The van der Waals surface area contributed by atoms with Crippen LogP contribution in [0, 0.1) is 0 Å². The van der Waals surface area contributed by atoms with E-state index in [2.05, 4.69) is 22.0 Å². The molecule has 0 spiro atoms. The van der Waals surface area contributed by atoms with Crippen molar-refractivity contribution in [2.45, 2.75) is 31.7 Å². The van der Waals surface area contributed by atoms with Crippen molar-refractivity contribution in [2.75, 3.05) is 5.32 Å². The Bertz CT molecular complexity index is 804. The van der Waals surface area contributed by atoms with Gasteiger partial charge in [-0.25, -0.2) is 4.79 Å². The van der Waals surface area contributed by atoms with E-state index in [9.17, 15) is 14.4 Å². The van der Waals surface area contributed by atoms with Crippen molar-refractivity contribution in [3.05, 3.63) is 52.2 Å². The molecule has 1 aromatic heterocycles. The van der Waals surface area contributed by atoms with Crippen LogP contribution in [0.2, 0.25) is 0 Å². The van der Waals surface area contributed by atoms with Crippen molar-refractivity contribution in [3.63, 3.8) is 0 Å². The maximum Gasteiger partial charge on any atom is 0.322 e. The zero-order valence-corrected chi connectivity index (χ0v) is 14.6. The number of urea groups is 1. The lowest BCUT2D eigenvalue weighted by Crippen LogP contribution is -2.40. The third-order valence-corrected chi connectivity index (χ3v) is 5.11. The van der Waals surface area contributed by atoms with E-state index in [1.807, 2.05) is 11.4 Å². The lowest BCUT2D eigenvalue weighted by molar-refractivity contribution is -0.123. The van der Waals surface area contributed by atoms with Gasteiger partial charge in [-0.1, -0.05) is 18.2 Å². The Morgan fingerprint density at radius 3 is 2.76 bits per heavy atom. The minimum atomic E-state index is -1.13. The molecule has 2 heterocycles. The Kier molecular flexibility index (Phi) is 4.85. The summed E-state index contributed by atoms with van der Waals surface area (Å²) >= 11 is 1.69. The normalized spacial score (nSPS) is 19.4. The number of hydrogen-bond acceptors (Lipinski definition) is 4. The average molecular weight is 357 g/mol. The lowest BCUT2D eigenvalue weighted by atomic mass is 9.92. The minimum absolute atomic E-state index is 0.0706. The van der Waals surface area contributed by atoms with Crippen LogP contribution in [0.3, 0.4) is 0 Å². The van der Waals surface area contributed by atoms with Crippen LogP contribution in [0.5, 0.6) is 0 Å². The molecule has 0 unspecified atom stereocenters. The molecule has 1 saturated heterocycles. The zero-order valence-electron chi connectivity index (χ0n) is 13.8. The van der Waals surface area contributed by atoms with E-state index in [1.165, 1.54) is 4.88 Å². The van der Waals surface area contributed by atoms with Crippen LogP contribution in [0.15, 0.2) is 41.8 Å². The summed E-state index contributed by atoms with van der Waals surface area (Å²) in [4.78, 5) is 36.8. The summed E-state index contributed by atoms with van der Waals surface area (Å²) in [6.07, 6.45) is 2.09. The van der Waals surface area contributed by atoms with Gasteiger partial charge in [-0.05, 0) is 48.9 Å². The fraction of sp³-hybridized carbons (Fsp3) is 0.278. The molecule has 7 heteroatoms. The Balaban J connectivity index is 1.60. The van der Waals surface area contributed by atoms with Gasteiger partial charge in [0.15, 0.2) is 0 Å². The number of carbonyl (C=O) groups excluding carboxylic acids is 3. The van der Waals surface area contributed by atoms with E-state index in [1.54, 1.807) is 42.5 Å². The lowest BCUT2D eigenvalue weighted by Gasteiger charge is -2.21. The van der Waals surface area contributed by atoms with Crippen molar-refractivity contribution in [2.24, 2.45) is 0 Å². The molecule has 0 saturated carbocycles. The summed E-state index contributed by atoms with van der Waals surface area (Å²) in [6, 6.07) is 10.5. The van der Waals surface area contributed by atoms with E-state index < -0.39 is 17.5 Å². The highest BCUT2D eigenvalue weighted by Gasteiger charge is 2.43. The van der Waals surface area contributed by atoms with Gasteiger partial charge in [-0.3, -0.25) is 14.9 Å². The van der Waals surface area contributed by atoms with Crippen molar-refractivity contribution in [1.82, 2.24) is 10.6 Å². The number of anilines is 1. The molecule has 3 N–H and O–H groups in total. The summed E-state index contributed by atoms with van der Waals surface area (Å²) < 4.78 is 0. The van der Waals surface area contributed by atoms with Crippen molar-refractivity contribution >= 4 is 34.9 Å². The topological polar surface area (TPSA) is 87.3 Å². The van der Waals surface area contributed by atoms with Crippen molar-refractivity contribution < 1.29 is 14.4 Å². The number of nitrogens with one attached hydrogen (secondary N) is 3. The van der Waals surface area contributed by atoms with Crippen LogP contribution < -0.4 is 16.0 Å². The molecule has 4 amide bonds. The first kappa shape index (κ1) is 17.2. The summed E-state index contributed by atoms with van der Waals surface area (Å²) in [5.74, 6) is -0.476. The first-order valence-electron chi connectivity index (χ1n) is 8.04. The predicted molar refractivity (Wildman–Crippen MR) is 96.4 cm³/mol. The van der Waals surface area contributed by atoms with Crippen LogP contribution in [-0.4, -0.2) is 17.8 Å². The molecule has 6 nitrogen and oxygen atoms in total. The average Bonchev–Trinajstić information content (AvgIpc) is 3.16. The first-order valence-corrected chi connectivity index (χ1v) is 8.92. The molecule has 1 aromatic carbocycles. The largest absolute Gasteiger partial charge is 0.326 e. The molecule has 1 aliphatic heterocycles. The minimum Gasteiger partial charge on any atom is -0.326 e. The van der Waals surface area contributed by atoms with E-state index in [0.717, 1.165) is 12.8 Å². The molecular formula is C18H19N3O3S. The Hall–Kier alpha value is -2.67. The van der Waals surface area contributed by atoms with Gasteiger partial charge in [0.25, 0.3) is 5.91 Å². The summed E-state index contributed by atoms with van der Waals surface area (Å²) in [7, 11) is 0. The molecule has 1 atom stereocenters. The Morgan fingerprint density at radius 1 is 1.24 bits per heavy atom. The first-order chi connectivity index (χ1) is 12.0. The summed E-state index contributed by atoms with van der Waals surface area (Å²) in [6.45, 7) is 1.63. The molecule has 0 bridgehead atoms. The molecule has 1 fully saturated rings. The summed E-state index contributed by atoms with van der Waals surface area (Å²) in [5.41, 5.74) is 0.0952. The third-order valence-electron chi connectivity index (χ3n) is 4.18. The van der Waals surface area contributed by atoms with Gasteiger partial charge < -0.3 is 10.6 Å². The Morgan fingerprint density at radius 2 is 2.08 bits per heavy atom. The third kappa shape index (κ3) is 3.88. The highest BCUT2D eigenvalue weighted by molar-refractivity contribution is 7.09. The van der Waals surface area contributed by atoms with Crippen molar-refractivity contribution in [3.8, 4) is 0 Å². The SMILES string of the molecule is C[C@@]1(c2cccc(NC(=O)CCCc3cccs3)c2)NC(=O)NC1=O. The number of rotatable bonds is 6. The molecule has 2 aromatic rings. The number of thiophene rings is 1. The molecule has 0 aliphatic carbocycles. The molecule has 0 radical (unpaired) electrons. The molecule has 25 heavy (non-hydrogen) atoms. The maximum atomic E-state index is 12.1. The van der Waals surface area contributed by atoms with Gasteiger partial charge in [0.05, 0.1) is 0 Å². The number of imide groups is 1. The Labute approximate surface area is 149 Å². The van der Waals surface area contributed by atoms with Gasteiger partial charge in [-0.2, -0.15) is 0 Å². The smallest absolute Gasteiger partial charge is 0.322 e. The van der Waals surface area contributed by atoms with Gasteiger partial charge in [0.1, 0.15) is 5.54 Å². The fourth-order valence-electron chi connectivity index (χ4n) is 2.76.